The van der Waals surface area contributed by atoms with Crippen molar-refractivity contribution in [3.05, 3.63) is 11.8 Å². The fourth-order valence-corrected chi connectivity index (χ4v) is 1.57. The lowest BCUT2D eigenvalue weighted by atomic mass is 10.3. The van der Waals surface area contributed by atoms with Gasteiger partial charge in [0.2, 0.25) is 0 Å². The van der Waals surface area contributed by atoms with E-state index in [1.807, 2.05) is 6.07 Å². The number of hydrogen-bond donors (Lipinski definition) is 1. The molecule has 6 nitrogen and oxygen atoms in total. The molecule has 1 aromatic rings. The first-order valence-corrected chi connectivity index (χ1v) is 6.46. The third-order valence-corrected chi connectivity index (χ3v) is 2.69. The highest BCUT2D eigenvalue weighted by Gasteiger charge is 2.36. The van der Waals surface area contributed by atoms with Crippen LogP contribution >= 0.6 is 11.8 Å². The van der Waals surface area contributed by atoms with E-state index in [9.17, 15) is 13.2 Å². The van der Waals surface area contributed by atoms with Crippen molar-refractivity contribution in [3.8, 4) is 6.07 Å². The summed E-state index contributed by atoms with van der Waals surface area (Å²) < 4.78 is 39.6. The van der Waals surface area contributed by atoms with Crippen molar-refractivity contribution in [2.45, 2.75) is 12.8 Å². The molecule has 0 aliphatic heterocycles. The maximum Gasteiger partial charge on any atom is 0.421 e. The second-order valence-electron chi connectivity index (χ2n) is 3.38. The highest BCUT2D eigenvalue weighted by molar-refractivity contribution is 8.13. The van der Waals surface area contributed by atoms with Crippen LogP contribution in [0.1, 0.15) is 5.56 Å². The minimum absolute atomic E-state index is 0.0144. The lowest BCUT2D eigenvalue weighted by Gasteiger charge is -2.08. The Bertz CT molecular complexity index is 542. The predicted octanol–water partition coefficient (Wildman–Crippen LogP) is 2.02. The fourth-order valence-electron chi connectivity index (χ4n) is 1.27. The molecule has 0 aromatic carbocycles. The molecule has 10 heteroatoms. The Morgan fingerprint density at radius 3 is 2.85 bits per heavy atom. The summed E-state index contributed by atoms with van der Waals surface area (Å²) in [7, 11) is 0. The molecule has 20 heavy (non-hydrogen) atoms. The summed E-state index contributed by atoms with van der Waals surface area (Å²) in [5, 5.41) is 14.7. The largest absolute Gasteiger partial charge is 0.421 e. The molecule has 0 radical (unpaired) electrons. The normalized spacial score (nSPS) is 12.2. The van der Waals surface area contributed by atoms with Gasteiger partial charge in [-0.15, -0.1) is 0 Å². The monoisotopic (exact) mass is 304 g/mol. The number of aliphatic imine (C=N–C) groups is 2. The van der Waals surface area contributed by atoms with Crippen LogP contribution in [0.2, 0.25) is 0 Å². The number of alkyl halides is 3. The summed E-state index contributed by atoms with van der Waals surface area (Å²) in [5.41, 5.74) is -0.966. The van der Waals surface area contributed by atoms with Crippen molar-refractivity contribution in [2.75, 3.05) is 12.8 Å². The molecule has 1 heterocycles. The Morgan fingerprint density at radius 2 is 2.35 bits per heavy atom. The Hall–Kier alpha value is -1.86. The van der Waals surface area contributed by atoms with E-state index in [0.29, 0.717) is 6.20 Å². The van der Waals surface area contributed by atoms with Crippen molar-refractivity contribution in [3.63, 3.8) is 0 Å². The highest BCUT2D eigenvalue weighted by Crippen LogP contribution is 2.36. The lowest BCUT2D eigenvalue weighted by molar-refractivity contribution is -0.137. The molecule has 1 aromatic heterocycles. The Labute approximate surface area is 117 Å². The zero-order chi connectivity index (χ0) is 15.2. The highest BCUT2D eigenvalue weighted by atomic mass is 32.2. The summed E-state index contributed by atoms with van der Waals surface area (Å²) >= 11 is 1.06. The summed E-state index contributed by atoms with van der Waals surface area (Å²) in [6.45, 7) is 3.16. The van der Waals surface area contributed by atoms with Crippen molar-refractivity contribution in [1.82, 2.24) is 15.1 Å². The number of hydrogen-bond acceptors (Lipinski definition) is 5. The van der Waals surface area contributed by atoms with Crippen molar-refractivity contribution in [1.29, 1.82) is 5.26 Å². The first-order chi connectivity index (χ1) is 9.43. The van der Waals surface area contributed by atoms with Gasteiger partial charge in [0.25, 0.3) is 0 Å². The van der Waals surface area contributed by atoms with Gasteiger partial charge in [0.1, 0.15) is 5.56 Å². The van der Waals surface area contributed by atoms with Gasteiger partial charge >= 0.3 is 6.18 Å². The van der Waals surface area contributed by atoms with E-state index in [2.05, 4.69) is 27.1 Å². The second-order valence-corrected chi connectivity index (χ2v) is 4.15. The first-order valence-electron chi connectivity index (χ1n) is 5.24. The van der Waals surface area contributed by atoms with Crippen LogP contribution in [0.3, 0.4) is 0 Å². The summed E-state index contributed by atoms with van der Waals surface area (Å²) in [5.74, 6) is -0.375. The van der Waals surface area contributed by atoms with Crippen LogP contribution in [0.15, 0.2) is 16.2 Å². The van der Waals surface area contributed by atoms with E-state index in [0.717, 1.165) is 16.4 Å². The Balaban J connectivity index is 3.20. The summed E-state index contributed by atoms with van der Waals surface area (Å²) in [6, 6.07) is 1.81. The quantitative estimate of drug-likeness (QED) is 0.399. The van der Waals surface area contributed by atoms with E-state index in [-0.39, 0.29) is 24.2 Å². The van der Waals surface area contributed by atoms with Crippen LogP contribution in [0, 0.1) is 11.3 Å². The van der Waals surface area contributed by atoms with E-state index in [1.54, 1.807) is 6.26 Å². The first kappa shape index (κ1) is 16.2. The number of rotatable bonds is 4. The van der Waals surface area contributed by atoms with E-state index >= 15 is 0 Å². The third-order valence-electron chi connectivity index (χ3n) is 2.10. The second kappa shape index (κ2) is 7.06. The molecule has 0 spiro atoms. The molecule has 0 saturated heterocycles. The number of aromatic nitrogens is 2. The molecule has 0 amide bonds. The van der Waals surface area contributed by atoms with Crippen molar-refractivity contribution < 1.29 is 13.2 Å². The molecule has 0 atom stereocenters. The van der Waals surface area contributed by atoms with Gasteiger partial charge in [-0.25, -0.2) is 14.7 Å². The smallest absolute Gasteiger partial charge is 0.285 e. The van der Waals surface area contributed by atoms with Gasteiger partial charge in [-0.05, 0) is 13.0 Å². The maximum absolute atomic E-state index is 12.9. The number of thioether (sulfide) groups is 1. The number of amidine groups is 1. The van der Waals surface area contributed by atoms with Crippen LogP contribution in [0.5, 0.6) is 0 Å². The Kier molecular flexibility index (Phi) is 5.72. The lowest BCUT2D eigenvalue weighted by Crippen LogP contribution is -2.19. The van der Waals surface area contributed by atoms with Crippen molar-refractivity contribution >= 4 is 29.5 Å². The summed E-state index contributed by atoms with van der Waals surface area (Å²) in [6.07, 6.45) is -2.26. The van der Waals surface area contributed by atoms with E-state index < -0.39 is 11.7 Å². The topological polar surface area (TPSA) is 78.4 Å². The molecule has 1 N–H and O–H groups in total. The van der Waals surface area contributed by atoms with Crippen molar-refractivity contribution in [2.24, 2.45) is 9.98 Å². The van der Waals surface area contributed by atoms with Crippen LogP contribution in [-0.4, -0.2) is 34.5 Å². The van der Waals surface area contributed by atoms with Gasteiger partial charge < -0.3 is 0 Å². The average molecular weight is 304 g/mol. The molecular weight excluding hydrogens is 293 g/mol. The zero-order valence-electron chi connectivity index (χ0n) is 10.5. The average Bonchev–Trinajstić information content (AvgIpc) is 2.79. The molecule has 108 valence electrons. The van der Waals surface area contributed by atoms with Gasteiger partial charge in [-0.3, -0.25) is 5.32 Å². The SMILES string of the molecule is C=NC(=Nc1c(C(F)(F)F)cnn1CNCC#N)SC. The van der Waals surface area contributed by atoms with Gasteiger partial charge in [0.15, 0.2) is 11.0 Å². The van der Waals surface area contributed by atoms with Gasteiger partial charge in [-0.2, -0.15) is 23.5 Å². The zero-order valence-corrected chi connectivity index (χ0v) is 11.3. The van der Waals surface area contributed by atoms with E-state index in [4.69, 9.17) is 5.26 Å². The maximum atomic E-state index is 12.9. The number of nitrogens with one attached hydrogen (secondary N) is 1. The number of nitriles is 1. The van der Waals surface area contributed by atoms with Gasteiger partial charge in [0, 0.05) is 0 Å². The standard InChI is InChI=1S/C10H11F3N6S/c1-15-9(20-2)18-8-7(10(11,12)13)5-17-19(8)6-16-4-3-14/h5,16H,1,4,6H2,2H3. The number of halogens is 3. The molecule has 0 fully saturated rings. The molecule has 0 bridgehead atoms. The molecule has 0 unspecified atom stereocenters. The summed E-state index contributed by atoms with van der Waals surface area (Å²) in [4.78, 5) is 7.33. The third kappa shape index (κ3) is 4.07. The van der Waals surface area contributed by atoms with Crippen LogP contribution in [-0.2, 0) is 12.8 Å². The minimum Gasteiger partial charge on any atom is -0.285 e. The van der Waals surface area contributed by atoms with Gasteiger partial charge in [0.05, 0.1) is 25.5 Å². The minimum atomic E-state index is -4.57. The predicted molar refractivity (Wildman–Crippen MR) is 71.0 cm³/mol. The molecule has 0 aliphatic rings. The van der Waals surface area contributed by atoms with Crippen LogP contribution in [0.4, 0.5) is 19.0 Å². The fraction of sp³-hybridized carbons (Fsp3) is 0.400. The Morgan fingerprint density at radius 1 is 1.65 bits per heavy atom. The molecule has 0 aliphatic carbocycles. The van der Waals surface area contributed by atoms with Crippen LogP contribution < -0.4 is 5.32 Å². The van der Waals surface area contributed by atoms with Gasteiger partial charge in [-0.1, -0.05) is 11.8 Å². The molecular formula is C10H11F3N6S. The van der Waals surface area contributed by atoms with Crippen LogP contribution in [0.25, 0.3) is 0 Å². The molecule has 0 saturated carbocycles. The molecule has 1 rings (SSSR count). The number of nitrogens with zero attached hydrogens (tertiary/aromatic N) is 5. The van der Waals surface area contributed by atoms with E-state index in [1.165, 1.54) is 0 Å².